The molecule has 120 valence electrons. The van der Waals surface area contributed by atoms with Crippen molar-refractivity contribution in [1.29, 1.82) is 0 Å². The molecule has 0 spiro atoms. The van der Waals surface area contributed by atoms with E-state index >= 15 is 0 Å². The van der Waals surface area contributed by atoms with Crippen LogP contribution in [0.25, 0.3) is 0 Å². The van der Waals surface area contributed by atoms with E-state index in [-0.39, 0.29) is 0 Å². The number of nitrogens with one attached hydrogen (secondary N) is 1. The highest BCUT2D eigenvalue weighted by atomic mass is 35.5. The summed E-state index contributed by atoms with van der Waals surface area (Å²) in [6, 6.07) is 2.04. The van der Waals surface area contributed by atoms with Gasteiger partial charge in [-0.2, -0.15) is 0 Å². The van der Waals surface area contributed by atoms with Crippen molar-refractivity contribution < 1.29 is 9.47 Å². The van der Waals surface area contributed by atoms with Gasteiger partial charge < -0.3 is 19.7 Å². The highest BCUT2D eigenvalue weighted by molar-refractivity contribution is 6.31. The van der Waals surface area contributed by atoms with Gasteiger partial charge in [-0.3, -0.25) is 0 Å². The molecule has 0 saturated carbocycles. The van der Waals surface area contributed by atoms with E-state index in [9.17, 15) is 0 Å². The zero-order chi connectivity index (χ0) is 15.5. The highest BCUT2D eigenvalue weighted by Crippen LogP contribution is 2.20. The van der Waals surface area contributed by atoms with Crippen molar-refractivity contribution in [3.63, 3.8) is 0 Å². The second-order valence-electron chi connectivity index (χ2n) is 4.78. The zero-order valence-corrected chi connectivity index (χ0v) is 13.9. The van der Waals surface area contributed by atoms with Crippen LogP contribution in [0.3, 0.4) is 0 Å². The summed E-state index contributed by atoms with van der Waals surface area (Å²) in [6.07, 6.45) is 2.82. The lowest BCUT2D eigenvalue weighted by molar-refractivity contribution is 0.190. The van der Waals surface area contributed by atoms with Crippen LogP contribution in [-0.2, 0) is 16.0 Å². The second-order valence-corrected chi connectivity index (χ2v) is 5.19. The number of rotatable bonds is 11. The van der Waals surface area contributed by atoms with Crippen LogP contribution in [0.15, 0.2) is 12.3 Å². The van der Waals surface area contributed by atoms with Gasteiger partial charge in [-0.25, -0.2) is 4.98 Å². The van der Waals surface area contributed by atoms with Gasteiger partial charge in [-0.05, 0) is 24.6 Å². The molecule has 0 bridgehead atoms. The Balaban J connectivity index is 2.78. The number of nitrogens with zero attached hydrogens (tertiary/aromatic N) is 2. The number of hydrogen-bond acceptors (Lipinski definition) is 5. The molecule has 0 atom stereocenters. The van der Waals surface area contributed by atoms with Gasteiger partial charge in [-0.15, -0.1) is 0 Å². The fourth-order valence-corrected chi connectivity index (χ4v) is 2.09. The average molecular weight is 316 g/mol. The van der Waals surface area contributed by atoms with Crippen molar-refractivity contribution in [2.24, 2.45) is 0 Å². The number of halogens is 1. The molecule has 0 radical (unpaired) electrons. The van der Waals surface area contributed by atoms with E-state index in [2.05, 4.69) is 22.1 Å². The van der Waals surface area contributed by atoms with Crippen molar-refractivity contribution in [1.82, 2.24) is 10.3 Å². The monoisotopic (exact) mass is 315 g/mol. The molecule has 1 N–H and O–H groups in total. The topological polar surface area (TPSA) is 46.6 Å². The summed E-state index contributed by atoms with van der Waals surface area (Å²) in [5.74, 6) is 0.904. The summed E-state index contributed by atoms with van der Waals surface area (Å²) >= 11 is 6.22. The van der Waals surface area contributed by atoms with E-state index in [1.54, 1.807) is 20.4 Å². The van der Waals surface area contributed by atoms with Gasteiger partial charge in [0.2, 0.25) is 0 Å². The molecule has 1 aromatic heterocycles. The Morgan fingerprint density at radius 3 is 2.48 bits per heavy atom. The minimum atomic E-state index is 0.650. The van der Waals surface area contributed by atoms with Crippen molar-refractivity contribution in [2.45, 2.75) is 19.9 Å². The van der Waals surface area contributed by atoms with Gasteiger partial charge in [0.1, 0.15) is 5.82 Å². The average Bonchev–Trinajstić information content (AvgIpc) is 2.50. The molecule has 0 saturated heterocycles. The van der Waals surface area contributed by atoms with Crippen LogP contribution in [0.1, 0.15) is 18.9 Å². The van der Waals surface area contributed by atoms with Crippen molar-refractivity contribution in [3.05, 3.63) is 22.8 Å². The van der Waals surface area contributed by atoms with Crippen LogP contribution in [0.5, 0.6) is 0 Å². The van der Waals surface area contributed by atoms with Gasteiger partial charge in [0, 0.05) is 40.1 Å². The van der Waals surface area contributed by atoms with Crippen LogP contribution < -0.4 is 10.2 Å². The lowest BCUT2D eigenvalue weighted by Crippen LogP contribution is -2.31. The van der Waals surface area contributed by atoms with E-state index in [4.69, 9.17) is 21.1 Å². The van der Waals surface area contributed by atoms with Crippen molar-refractivity contribution in [3.8, 4) is 0 Å². The maximum absolute atomic E-state index is 6.22. The quantitative estimate of drug-likeness (QED) is 0.635. The lowest BCUT2D eigenvalue weighted by Gasteiger charge is -2.23. The third kappa shape index (κ3) is 6.61. The Bertz CT molecular complexity index is 397. The predicted octanol–water partition coefficient (Wildman–Crippen LogP) is 2.33. The summed E-state index contributed by atoms with van der Waals surface area (Å²) < 4.78 is 10.3. The third-order valence-corrected chi connectivity index (χ3v) is 3.46. The molecule has 5 nitrogen and oxygen atoms in total. The van der Waals surface area contributed by atoms with Crippen molar-refractivity contribution >= 4 is 17.4 Å². The Hall–Kier alpha value is -0.880. The predicted molar refractivity (Wildman–Crippen MR) is 87.2 cm³/mol. The van der Waals surface area contributed by atoms with E-state index < -0.39 is 0 Å². The number of ether oxygens (including phenoxy) is 2. The molecular formula is C15H26ClN3O2. The molecule has 0 aliphatic carbocycles. The number of pyridine rings is 1. The van der Waals surface area contributed by atoms with Gasteiger partial charge in [-0.1, -0.05) is 18.5 Å². The maximum Gasteiger partial charge on any atom is 0.129 e. The Morgan fingerprint density at radius 2 is 1.90 bits per heavy atom. The molecule has 1 aromatic rings. The molecular weight excluding hydrogens is 290 g/mol. The number of hydrogen-bond donors (Lipinski definition) is 1. The molecule has 0 fully saturated rings. The third-order valence-electron chi connectivity index (χ3n) is 3.12. The minimum Gasteiger partial charge on any atom is -0.383 e. The Kier molecular flexibility index (Phi) is 9.34. The smallest absolute Gasteiger partial charge is 0.129 e. The molecule has 0 amide bonds. The number of anilines is 1. The first-order valence-electron chi connectivity index (χ1n) is 7.30. The SMILES string of the molecule is CCCNCc1cc(N(CCOC)CCOC)ncc1Cl. The zero-order valence-electron chi connectivity index (χ0n) is 13.2. The molecule has 6 heteroatoms. The van der Waals surface area contributed by atoms with E-state index in [1.807, 2.05) is 6.07 Å². The summed E-state index contributed by atoms with van der Waals surface area (Å²) in [7, 11) is 3.40. The van der Waals surface area contributed by atoms with Gasteiger partial charge in [0.05, 0.1) is 18.2 Å². The fourth-order valence-electron chi connectivity index (χ4n) is 1.92. The second kappa shape index (κ2) is 10.8. The van der Waals surface area contributed by atoms with Crippen LogP contribution in [0.4, 0.5) is 5.82 Å². The summed E-state index contributed by atoms with van der Waals surface area (Å²) in [5, 5.41) is 4.06. The van der Waals surface area contributed by atoms with Crippen LogP contribution in [-0.4, -0.2) is 52.1 Å². The van der Waals surface area contributed by atoms with Gasteiger partial charge >= 0.3 is 0 Å². The Labute approximate surface area is 132 Å². The van der Waals surface area contributed by atoms with Crippen LogP contribution >= 0.6 is 11.6 Å². The highest BCUT2D eigenvalue weighted by Gasteiger charge is 2.10. The molecule has 0 unspecified atom stereocenters. The summed E-state index contributed by atoms with van der Waals surface area (Å²) in [4.78, 5) is 6.57. The van der Waals surface area contributed by atoms with E-state index in [0.29, 0.717) is 18.2 Å². The first-order valence-corrected chi connectivity index (χ1v) is 7.68. The lowest BCUT2D eigenvalue weighted by atomic mass is 10.2. The standard InChI is InChI=1S/C15H26ClN3O2/c1-4-5-17-11-13-10-15(18-12-14(13)16)19(6-8-20-2)7-9-21-3/h10,12,17H,4-9,11H2,1-3H3. The van der Waals surface area contributed by atoms with Gasteiger partial charge in [0.15, 0.2) is 0 Å². The fraction of sp³-hybridized carbons (Fsp3) is 0.667. The van der Waals surface area contributed by atoms with Crippen LogP contribution in [0, 0.1) is 0 Å². The molecule has 0 aromatic carbocycles. The van der Waals surface area contributed by atoms with Crippen molar-refractivity contribution in [2.75, 3.05) is 52.0 Å². The van der Waals surface area contributed by atoms with Crippen LogP contribution in [0.2, 0.25) is 5.02 Å². The van der Waals surface area contributed by atoms with E-state index in [1.165, 1.54) is 0 Å². The largest absolute Gasteiger partial charge is 0.383 e. The minimum absolute atomic E-state index is 0.650. The number of aromatic nitrogens is 1. The first-order chi connectivity index (χ1) is 10.2. The normalized spacial score (nSPS) is 10.9. The molecule has 1 heterocycles. The maximum atomic E-state index is 6.22. The molecule has 1 rings (SSSR count). The van der Waals surface area contributed by atoms with E-state index in [0.717, 1.165) is 44.0 Å². The van der Waals surface area contributed by atoms with Gasteiger partial charge in [0.25, 0.3) is 0 Å². The number of methoxy groups -OCH3 is 2. The molecule has 21 heavy (non-hydrogen) atoms. The Morgan fingerprint density at radius 1 is 1.24 bits per heavy atom. The first kappa shape index (κ1) is 18.2. The molecule has 0 aliphatic rings. The molecule has 0 aliphatic heterocycles. The summed E-state index contributed by atoms with van der Waals surface area (Å²) in [6.45, 7) is 6.72. The summed E-state index contributed by atoms with van der Waals surface area (Å²) in [5.41, 5.74) is 1.06.